The maximum atomic E-state index is 6.11. The molecule has 2 rings (SSSR count). The van der Waals surface area contributed by atoms with Crippen molar-refractivity contribution in [3.05, 3.63) is 48.0 Å². The Morgan fingerprint density at radius 1 is 1.13 bits per heavy atom. The minimum atomic E-state index is 0.0566. The van der Waals surface area contributed by atoms with Gasteiger partial charge < -0.3 is 11.1 Å². The van der Waals surface area contributed by atoms with E-state index in [0.717, 1.165) is 6.54 Å². The smallest absolute Gasteiger partial charge is 0.0427 e. The van der Waals surface area contributed by atoms with Gasteiger partial charge in [-0.1, -0.05) is 42.5 Å². The lowest BCUT2D eigenvalue weighted by molar-refractivity contribution is 0.657. The van der Waals surface area contributed by atoms with E-state index in [-0.39, 0.29) is 6.04 Å². The van der Waals surface area contributed by atoms with Crippen molar-refractivity contribution in [2.75, 3.05) is 13.6 Å². The highest BCUT2D eigenvalue weighted by atomic mass is 14.9. The number of hydrogen-bond donors (Lipinski definition) is 2. The molecule has 0 heterocycles. The van der Waals surface area contributed by atoms with Gasteiger partial charge in [0.1, 0.15) is 0 Å². The second kappa shape index (κ2) is 4.43. The Morgan fingerprint density at radius 2 is 1.87 bits per heavy atom. The standard InChI is InChI=1S/C13H16N2/c1-15-9-13(14)12-8-4-6-10-5-2-3-7-11(10)12/h2-8,13,15H,9,14H2,1H3. The maximum Gasteiger partial charge on any atom is 0.0427 e. The van der Waals surface area contributed by atoms with E-state index in [1.165, 1.54) is 16.3 Å². The Balaban J connectivity index is 2.50. The first-order valence-corrected chi connectivity index (χ1v) is 5.21. The summed E-state index contributed by atoms with van der Waals surface area (Å²) in [4.78, 5) is 0. The van der Waals surface area contributed by atoms with Crippen LogP contribution in [0.2, 0.25) is 0 Å². The summed E-state index contributed by atoms with van der Waals surface area (Å²) < 4.78 is 0. The van der Waals surface area contributed by atoms with Crippen LogP contribution < -0.4 is 11.1 Å². The minimum absolute atomic E-state index is 0.0566. The van der Waals surface area contributed by atoms with Gasteiger partial charge in [-0.3, -0.25) is 0 Å². The van der Waals surface area contributed by atoms with Crippen LogP contribution in [-0.4, -0.2) is 13.6 Å². The Morgan fingerprint density at radius 3 is 2.67 bits per heavy atom. The lowest BCUT2D eigenvalue weighted by Gasteiger charge is -2.13. The fourth-order valence-electron chi connectivity index (χ4n) is 1.90. The zero-order valence-electron chi connectivity index (χ0n) is 8.90. The predicted octanol–water partition coefficient (Wildman–Crippen LogP) is 2.06. The topological polar surface area (TPSA) is 38.0 Å². The molecule has 0 amide bonds. The van der Waals surface area contributed by atoms with Crippen LogP contribution in [0.5, 0.6) is 0 Å². The number of rotatable bonds is 3. The number of hydrogen-bond acceptors (Lipinski definition) is 2. The van der Waals surface area contributed by atoms with Crippen molar-refractivity contribution in [3.8, 4) is 0 Å². The zero-order valence-corrected chi connectivity index (χ0v) is 8.90. The maximum absolute atomic E-state index is 6.11. The molecule has 2 aromatic carbocycles. The summed E-state index contributed by atoms with van der Waals surface area (Å²) in [5, 5.41) is 5.61. The molecule has 1 unspecified atom stereocenters. The van der Waals surface area contributed by atoms with Crippen molar-refractivity contribution < 1.29 is 0 Å². The third-order valence-corrected chi connectivity index (χ3v) is 2.65. The highest BCUT2D eigenvalue weighted by molar-refractivity contribution is 5.86. The Kier molecular flexibility index (Phi) is 2.99. The molecule has 0 spiro atoms. The summed E-state index contributed by atoms with van der Waals surface area (Å²) >= 11 is 0. The molecular formula is C13H16N2. The Labute approximate surface area is 90.1 Å². The van der Waals surface area contributed by atoms with Crippen molar-refractivity contribution in [2.24, 2.45) is 5.73 Å². The van der Waals surface area contributed by atoms with Crippen LogP contribution in [0.15, 0.2) is 42.5 Å². The van der Waals surface area contributed by atoms with Gasteiger partial charge in [-0.2, -0.15) is 0 Å². The lowest BCUT2D eigenvalue weighted by atomic mass is 9.99. The molecule has 1 atom stereocenters. The molecule has 2 heteroatoms. The van der Waals surface area contributed by atoms with Crippen LogP contribution in [0.3, 0.4) is 0 Å². The normalized spacial score (nSPS) is 12.9. The van der Waals surface area contributed by atoms with Crippen LogP contribution >= 0.6 is 0 Å². The van der Waals surface area contributed by atoms with E-state index in [1.807, 2.05) is 7.05 Å². The molecule has 2 aromatic rings. The molecular weight excluding hydrogens is 184 g/mol. The molecule has 0 saturated carbocycles. The molecule has 15 heavy (non-hydrogen) atoms. The van der Waals surface area contributed by atoms with Gasteiger partial charge in [-0.25, -0.2) is 0 Å². The van der Waals surface area contributed by atoms with Gasteiger partial charge in [0.25, 0.3) is 0 Å². The molecule has 0 aromatic heterocycles. The second-order valence-electron chi connectivity index (χ2n) is 3.73. The molecule has 78 valence electrons. The van der Waals surface area contributed by atoms with Gasteiger partial charge in [-0.05, 0) is 23.4 Å². The van der Waals surface area contributed by atoms with Gasteiger partial charge >= 0.3 is 0 Å². The van der Waals surface area contributed by atoms with E-state index in [4.69, 9.17) is 5.73 Å². The monoisotopic (exact) mass is 200 g/mol. The van der Waals surface area contributed by atoms with E-state index in [1.54, 1.807) is 0 Å². The van der Waals surface area contributed by atoms with Gasteiger partial charge in [0.2, 0.25) is 0 Å². The van der Waals surface area contributed by atoms with Crippen molar-refractivity contribution in [2.45, 2.75) is 6.04 Å². The van der Waals surface area contributed by atoms with Crippen molar-refractivity contribution in [3.63, 3.8) is 0 Å². The molecule has 0 radical (unpaired) electrons. The summed E-state index contributed by atoms with van der Waals surface area (Å²) in [5.41, 5.74) is 7.32. The third kappa shape index (κ3) is 2.01. The third-order valence-electron chi connectivity index (χ3n) is 2.65. The van der Waals surface area contributed by atoms with Crippen molar-refractivity contribution >= 4 is 10.8 Å². The number of fused-ring (bicyclic) bond motifs is 1. The molecule has 3 N–H and O–H groups in total. The van der Waals surface area contributed by atoms with Gasteiger partial charge in [0, 0.05) is 12.6 Å². The Hall–Kier alpha value is -1.38. The van der Waals surface area contributed by atoms with Gasteiger partial charge in [0.05, 0.1) is 0 Å². The van der Waals surface area contributed by atoms with E-state index < -0.39 is 0 Å². The van der Waals surface area contributed by atoms with Crippen LogP contribution in [0.25, 0.3) is 10.8 Å². The first-order valence-electron chi connectivity index (χ1n) is 5.21. The summed E-state index contributed by atoms with van der Waals surface area (Å²) in [6.07, 6.45) is 0. The summed E-state index contributed by atoms with van der Waals surface area (Å²) in [7, 11) is 1.92. The second-order valence-corrected chi connectivity index (χ2v) is 3.73. The average Bonchev–Trinajstić information content (AvgIpc) is 2.28. The van der Waals surface area contributed by atoms with Crippen molar-refractivity contribution in [1.82, 2.24) is 5.32 Å². The number of nitrogens with one attached hydrogen (secondary N) is 1. The number of nitrogens with two attached hydrogens (primary N) is 1. The van der Waals surface area contributed by atoms with E-state index >= 15 is 0 Å². The van der Waals surface area contributed by atoms with Crippen LogP contribution in [-0.2, 0) is 0 Å². The first kappa shape index (κ1) is 10.1. The quantitative estimate of drug-likeness (QED) is 0.796. The minimum Gasteiger partial charge on any atom is -0.323 e. The molecule has 2 nitrogen and oxygen atoms in total. The van der Waals surface area contributed by atoms with Gasteiger partial charge in [-0.15, -0.1) is 0 Å². The lowest BCUT2D eigenvalue weighted by Crippen LogP contribution is -2.24. The molecule has 0 aliphatic carbocycles. The van der Waals surface area contributed by atoms with Crippen LogP contribution in [0.1, 0.15) is 11.6 Å². The van der Waals surface area contributed by atoms with E-state index in [0.29, 0.717) is 0 Å². The Bertz CT molecular complexity index is 446. The largest absolute Gasteiger partial charge is 0.323 e. The SMILES string of the molecule is CNCC(N)c1cccc2ccccc12. The van der Waals surface area contributed by atoms with Gasteiger partial charge in [0.15, 0.2) is 0 Å². The first-order chi connectivity index (χ1) is 7.33. The highest BCUT2D eigenvalue weighted by Gasteiger charge is 2.07. The fourth-order valence-corrected chi connectivity index (χ4v) is 1.90. The summed E-state index contributed by atoms with van der Waals surface area (Å²) in [6, 6.07) is 14.7. The predicted molar refractivity (Wildman–Crippen MR) is 64.8 cm³/mol. The molecule has 0 aliphatic heterocycles. The average molecular weight is 200 g/mol. The molecule has 0 aliphatic rings. The highest BCUT2D eigenvalue weighted by Crippen LogP contribution is 2.22. The molecule has 0 fully saturated rings. The summed E-state index contributed by atoms with van der Waals surface area (Å²) in [6.45, 7) is 0.800. The number of benzene rings is 2. The zero-order chi connectivity index (χ0) is 10.7. The van der Waals surface area contributed by atoms with Crippen LogP contribution in [0, 0.1) is 0 Å². The number of likely N-dealkylation sites (N-methyl/N-ethyl adjacent to an activating group) is 1. The van der Waals surface area contributed by atoms with E-state index in [2.05, 4.69) is 47.8 Å². The van der Waals surface area contributed by atoms with E-state index in [9.17, 15) is 0 Å². The van der Waals surface area contributed by atoms with Crippen LogP contribution in [0.4, 0.5) is 0 Å². The molecule has 0 saturated heterocycles. The summed E-state index contributed by atoms with van der Waals surface area (Å²) in [5.74, 6) is 0. The fraction of sp³-hybridized carbons (Fsp3) is 0.231. The molecule has 0 bridgehead atoms. The van der Waals surface area contributed by atoms with Crippen molar-refractivity contribution in [1.29, 1.82) is 0 Å².